The number of benzene rings is 2. The van der Waals surface area contributed by atoms with Gasteiger partial charge in [-0.2, -0.15) is 0 Å². The number of hydrogen-bond acceptors (Lipinski definition) is 5. The molecule has 1 heterocycles. The number of carbonyl (C=O) groups excluding carboxylic acids is 2. The summed E-state index contributed by atoms with van der Waals surface area (Å²) < 4.78 is 11.6. The number of nitrogens with zero attached hydrogens (tertiary/aromatic N) is 1. The Bertz CT molecular complexity index is 1140. The van der Waals surface area contributed by atoms with Gasteiger partial charge in [0.15, 0.2) is 0 Å². The van der Waals surface area contributed by atoms with Crippen LogP contribution in [-0.2, 0) is 4.79 Å². The van der Waals surface area contributed by atoms with Gasteiger partial charge in [0.25, 0.3) is 0 Å². The molecule has 0 spiro atoms. The molecule has 0 aliphatic rings. The second kappa shape index (κ2) is 10.2. The maximum atomic E-state index is 12.1. The van der Waals surface area contributed by atoms with Crippen molar-refractivity contribution in [3.8, 4) is 22.6 Å². The average molecular weight is 451 g/mol. The van der Waals surface area contributed by atoms with Gasteiger partial charge in [-0.1, -0.05) is 11.2 Å². The third-order valence-corrected chi connectivity index (χ3v) is 5.10. The van der Waals surface area contributed by atoms with Crippen LogP contribution < -0.4 is 20.7 Å². The van der Waals surface area contributed by atoms with Crippen molar-refractivity contribution in [1.29, 1.82) is 0 Å². The van der Waals surface area contributed by atoms with Gasteiger partial charge in [-0.15, -0.1) is 0 Å². The van der Waals surface area contributed by atoms with Crippen LogP contribution in [0, 0.1) is 34.6 Å². The van der Waals surface area contributed by atoms with E-state index in [1.54, 1.807) is 0 Å². The van der Waals surface area contributed by atoms with E-state index in [0.29, 0.717) is 24.5 Å². The van der Waals surface area contributed by atoms with Crippen LogP contribution >= 0.6 is 0 Å². The molecular weight excluding hydrogens is 420 g/mol. The monoisotopic (exact) mass is 450 g/mol. The van der Waals surface area contributed by atoms with E-state index in [1.807, 2.05) is 58.9 Å². The van der Waals surface area contributed by atoms with Crippen molar-refractivity contribution in [3.05, 3.63) is 58.5 Å². The molecule has 0 aliphatic heterocycles. The van der Waals surface area contributed by atoms with Gasteiger partial charge < -0.3 is 25.2 Å². The largest absolute Gasteiger partial charge is 0.457 e. The lowest BCUT2D eigenvalue weighted by molar-refractivity contribution is -0.118. The van der Waals surface area contributed by atoms with Crippen molar-refractivity contribution < 1.29 is 18.8 Å². The summed E-state index contributed by atoms with van der Waals surface area (Å²) in [6.07, 6.45) is 0. The Balaban J connectivity index is 1.75. The number of aryl methyl sites for hydroxylation is 5. The van der Waals surface area contributed by atoms with Gasteiger partial charge in [0, 0.05) is 31.3 Å². The molecule has 33 heavy (non-hydrogen) atoms. The zero-order chi connectivity index (χ0) is 24.1. The summed E-state index contributed by atoms with van der Waals surface area (Å²) in [5, 5.41) is 12.2. The van der Waals surface area contributed by atoms with E-state index < -0.39 is 0 Å². The van der Waals surface area contributed by atoms with E-state index in [1.165, 1.54) is 6.92 Å². The predicted molar refractivity (Wildman–Crippen MR) is 128 cm³/mol. The molecule has 8 heteroatoms. The van der Waals surface area contributed by atoms with Gasteiger partial charge in [0.2, 0.25) is 5.91 Å². The molecule has 3 amide bonds. The highest BCUT2D eigenvalue weighted by Gasteiger charge is 2.15. The maximum Gasteiger partial charge on any atom is 0.319 e. The third-order valence-electron chi connectivity index (χ3n) is 5.10. The molecule has 0 bridgehead atoms. The van der Waals surface area contributed by atoms with Gasteiger partial charge in [-0.05, 0) is 81.1 Å². The summed E-state index contributed by atoms with van der Waals surface area (Å²) in [5.41, 5.74) is 6.31. The first kappa shape index (κ1) is 23.8. The summed E-state index contributed by atoms with van der Waals surface area (Å²) in [6, 6.07) is 9.43. The quantitative estimate of drug-likeness (QED) is 0.443. The van der Waals surface area contributed by atoms with E-state index in [4.69, 9.17) is 9.26 Å². The minimum absolute atomic E-state index is 0.133. The summed E-state index contributed by atoms with van der Waals surface area (Å²) in [5.74, 6) is 2.09. The molecule has 8 nitrogen and oxygen atoms in total. The molecule has 2 aromatic carbocycles. The second-order valence-electron chi connectivity index (χ2n) is 8.14. The second-order valence-corrected chi connectivity index (χ2v) is 8.14. The number of aromatic nitrogens is 1. The molecule has 0 saturated carbocycles. The minimum Gasteiger partial charge on any atom is -0.457 e. The molecule has 0 radical (unpaired) electrons. The maximum absolute atomic E-state index is 12.1. The number of hydrogen-bond donors (Lipinski definition) is 3. The molecular formula is C25H30N4O4. The topological polar surface area (TPSA) is 105 Å². The summed E-state index contributed by atoms with van der Waals surface area (Å²) in [7, 11) is 0. The first-order valence-electron chi connectivity index (χ1n) is 10.8. The summed E-state index contributed by atoms with van der Waals surface area (Å²) in [4.78, 5) is 23.0. The van der Waals surface area contributed by atoms with Crippen LogP contribution in [0.25, 0.3) is 11.1 Å². The van der Waals surface area contributed by atoms with Crippen molar-refractivity contribution in [2.75, 3.05) is 18.4 Å². The van der Waals surface area contributed by atoms with E-state index in [-0.39, 0.29) is 11.9 Å². The zero-order valence-corrected chi connectivity index (χ0v) is 19.9. The van der Waals surface area contributed by atoms with Crippen molar-refractivity contribution >= 4 is 17.6 Å². The van der Waals surface area contributed by atoms with Crippen molar-refractivity contribution in [2.24, 2.45) is 0 Å². The van der Waals surface area contributed by atoms with Gasteiger partial charge in [0.1, 0.15) is 17.3 Å². The fourth-order valence-electron chi connectivity index (χ4n) is 3.74. The Labute approximate surface area is 193 Å². The molecule has 0 fully saturated rings. The number of anilines is 1. The lowest BCUT2D eigenvalue weighted by atomic mass is 10.0. The van der Waals surface area contributed by atoms with Crippen LogP contribution in [0.2, 0.25) is 0 Å². The predicted octanol–water partition coefficient (Wildman–Crippen LogP) is 4.93. The first-order valence-corrected chi connectivity index (χ1v) is 10.8. The van der Waals surface area contributed by atoms with Crippen molar-refractivity contribution in [1.82, 2.24) is 15.8 Å². The van der Waals surface area contributed by atoms with Crippen LogP contribution in [0.4, 0.5) is 10.5 Å². The lowest BCUT2D eigenvalue weighted by Crippen LogP contribution is -2.36. The zero-order valence-electron chi connectivity index (χ0n) is 19.9. The van der Waals surface area contributed by atoms with Crippen LogP contribution in [0.1, 0.15) is 35.1 Å². The molecule has 0 aliphatic carbocycles. The lowest BCUT2D eigenvalue weighted by Gasteiger charge is -2.16. The molecule has 3 aromatic rings. The highest BCUT2D eigenvalue weighted by atomic mass is 16.5. The fourth-order valence-corrected chi connectivity index (χ4v) is 3.74. The smallest absolute Gasteiger partial charge is 0.319 e. The number of ether oxygens (including phenoxy) is 1. The van der Waals surface area contributed by atoms with Gasteiger partial charge in [0.05, 0.1) is 5.69 Å². The first-order chi connectivity index (χ1) is 15.6. The van der Waals surface area contributed by atoms with E-state index >= 15 is 0 Å². The Hall–Kier alpha value is -3.81. The minimum atomic E-state index is -0.337. The normalized spacial score (nSPS) is 10.6. The standard InChI is InChI=1S/C25H30N4O4/c1-14-9-20(23-17(4)29-33-18(23)5)13-22(10-14)32-24-15(2)11-21(12-16(24)3)28-25(31)27-8-7-26-19(6)30/h9-13H,7-8H2,1-6H3,(H,26,30)(H2,27,28,31). The number of nitrogens with one attached hydrogen (secondary N) is 3. The number of urea groups is 1. The van der Waals surface area contributed by atoms with Gasteiger partial charge >= 0.3 is 6.03 Å². The molecule has 3 rings (SSSR count). The number of rotatable bonds is 7. The Morgan fingerprint density at radius 3 is 2.21 bits per heavy atom. The third kappa shape index (κ3) is 6.12. The van der Waals surface area contributed by atoms with E-state index in [9.17, 15) is 9.59 Å². The average Bonchev–Trinajstić information content (AvgIpc) is 3.05. The molecule has 1 aromatic heterocycles. The van der Waals surface area contributed by atoms with Crippen LogP contribution in [0.5, 0.6) is 11.5 Å². The van der Waals surface area contributed by atoms with Crippen LogP contribution in [0.3, 0.4) is 0 Å². The molecule has 0 unspecified atom stereocenters. The van der Waals surface area contributed by atoms with E-state index in [0.717, 1.165) is 45.0 Å². The molecule has 3 N–H and O–H groups in total. The molecule has 0 atom stereocenters. The van der Waals surface area contributed by atoms with Gasteiger partial charge in [-0.25, -0.2) is 4.79 Å². The fraction of sp³-hybridized carbons (Fsp3) is 0.320. The molecule has 0 saturated heterocycles. The van der Waals surface area contributed by atoms with Crippen molar-refractivity contribution in [2.45, 2.75) is 41.5 Å². The summed E-state index contributed by atoms with van der Waals surface area (Å²) in [6.45, 7) is 11.9. The summed E-state index contributed by atoms with van der Waals surface area (Å²) >= 11 is 0. The number of amides is 3. The number of carbonyl (C=O) groups is 2. The SMILES string of the molecule is CC(=O)NCCNC(=O)Nc1cc(C)c(Oc2cc(C)cc(-c3c(C)noc3C)c2)c(C)c1. The van der Waals surface area contributed by atoms with Crippen LogP contribution in [-0.4, -0.2) is 30.2 Å². The highest BCUT2D eigenvalue weighted by molar-refractivity contribution is 5.89. The van der Waals surface area contributed by atoms with Crippen molar-refractivity contribution in [3.63, 3.8) is 0 Å². The Morgan fingerprint density at radius 2 is 1.61 bits per heavy atom. The van der Waals surface area contributed by atoms with E-state index in [2.05, 4.69) is 27.2 Å². The Kier molecular flexibility index (Phi) is 7.37. The van der Waals surface area contributed by atoms with Crippen LogP contribution in [0.15, 0.2) is 34.9 Å². The Morgan fingerprint density at radius 1 is 0.939 bits per heavy atom. The highest BCUT2D eigenvalue weighted by Crippen LogP contribution is 2.35. The van der Waals surface area contributed by atoms with Gasteiger partial charge in [-0.3, -0.25) is 4.79 Å². The molecule has 174 valence electrons.